The number of aliphatic hydroxyl groups excluding tert-OH is 1. The summed E-state index contributed by atoms with van der Waals surface area (Å²) in [5, 5.41) is 11.0. The van der Waals surface area contributed by atoms with E-state index in [0.717, 1.165) is 29.3 Å². The number of H-pyrrole nitrogens is 1. The number of nitrogens with one attached hydrogen (secondary N) is 1. The summed E-state index contributed by atoms with van der Waals surface area (Å²) in [6.45, 7) is 2.05. The third kappa shape index (κ3) is 2.10. The molecule has 2 aromatic rings. The fourth-order valence-corrected chi connectivity index (χ4v) is 1.98. The average molecular weight is 218 g/mol. The van der Waals surface area contributed by atoms with Crippen molar-refractivity contribution in [1.82, 2.24) is 4.98 Å². The fraction of sp³-hybridized carbons (Fsp3) is 0.385. The zero-order chi connectivity index (χ0) is 11.5. The number of fused-ring (bicyclic) bond motifs is 1. The highest BCUT2D eigenvalue weighted by molar-refractivity contribution is 5.80. The van der Waals surface area contributed by atoms with E-state index in [4.69, 9.17) is 5.73 Å². The van der Waals surface area contributed by atoms with Gasteiger partial charge in [0.1, 0.15) is 0 Å². The molecule has 0 radical (unpaired) electrons. The highest BCUT2D eigenvalue weighted by atomic mass is 16.3. The zero-order valence-corrected chi connectivity index (χ0v) is 9.48. The number of rotatable bonds is 4. The molecule has 3 heteroatoms. The third-order valence-electron chi connectivity index (χ3n) is 2.96. The van der Waals surface area contributed by atoms with Crippen molar-refractivity contribution in [3.63, 3.8) is 0 Å². The minimum Gasteiger partial charge on any atom is -0.391 e. The standard InChI is InChI=1S/C13H18N2O/c1-2-3-12(16)13(14)10-4-5-11-9(8-10)6-7-15-11/h4-8,12-13,15-16H,2-3,14H2,1H3/t12-,13+/m0/s1. The summed E-state index contributed by atoms with van der Waals surface area (Å²) in [6.07, 6.45) is 3.14. The summed E-state index contributed by atoms with van der Waals surface area (Å²) in [4.78, 5) is 3.14. The molecule has 86 valence electrons. The number of aliphatic hydroxyl groups is 1. The number of aromatic nitrogens is 1. The molecule has 0 aliphatic rings. The molecule has 0 bridgehead atoms. The molecule has 0 amide bonds. The SMILES string of the molecule is CCC[C@H](O)[C@H](N)c1ccc2[nH]ccc2c1. The van der Waals surface area contributed by atoms with E-state index in [0.29, 0.717) is 0 Å². The Morgan fingerprint density at radius 1 is 1.38 bits per heavy atom. The van der Waals surface area contributed by atoms with Gasteiger partial charge in [0.2, 0.25) is 0 Å². The van der Waals surface area contributed by atoms with Crippen molar-refractivity contribution in [2.45, 2.75) is 31.9 Å². The van der Waals surface area contributed by atoms with E-state index in [1.54, 1.807) is 0 Å². The van der Waals surface area contributed by atoms with Gasteiger partial charge in [0, 0.05) is 11.7 Å². The summed E-state index contributed by atoms with van der Waals surface area (Å²) in [5.74, 6) is 0. The van der Waals surface area contributed by atoms with Crippen LogP contribution in [0.1, 0.15) is 31.4 Å². The number of benzene rings is 1. The van der Waals surface area contributed by atoms with E-state index in [1.807, 2.05) is 37.4 Å². The first kappa shape index (κ1) is 11.2. The van der Waals surface area contributed by atoms with Crippen LogP contribution in [0.3, 0.4) is 0 Å². The zero-order valence-electron chi connectivity index (χ0n) is 9.48. The second-order valence-corrected chi connectivity index (χ2v) is 4.21. The average Bonchev–Trinajstić information content (AvgIpc) is 2.75. The molecule has 0 aliphatic heterocycles. The maximum absolute atomic E-state index is 9.86. The van der Waals surface area contributed by atoms with Gasteiger partial charge in [0.15, 0.2) is 0 Å². The largest absolute Gasteiger partial charge is 0.391 e. The van der Waals surface area contributed by atoms with E-state index < -0.39 is 6.10 Å². The van der Waals surface area contributed by atoms with Crippen molar-refractivity contribution < 1.29 is 5.11 Å². The topological polar surface area (TPSA) is 62.0 Å². The first-order valence-corrected chi connectivity index (χ1v) is 5.73. The quantitative estimate of drug-likeness (QED) is 0.737. The summed E-state index contributed by atoms with van der Waals surface area (Å²) in [5.41, 5.74) is 8.12. The first-order chi connectivity index (χ1) is 7.72. The molecule has 1 aromatic carbocycles. The molecular formula is C13H18N2O. The van der Waals surface area contributed by atoms with Gasteiger partial charge >= 0.3 is 0 Å². The molecule has 3 nitrogen and oxygen atoms in total. The second kappa shape index (κ2) is 4.68. The van der Waals surface area contributed by atoms with E-state index >= 15 is 0 Å². The molecule has 0 fully saturated rings. The monoisotopic (exact) mass is 218 g/mol. The van der Waals surface area contributed by atoms with Crippen LogP contribution < -0.4 is 5.73 Å². The molecule has 16 heavy (non-hydrogen) atoms. The Hall–Kier alpha value is -1.32. The Bertz CT molecular complexity index is 464. The Balaban J connectivity index is 2.24. The van der Waals surface area contributed by atoms with Crippen molar-refractivity contribution in [3.8, 4) is 0 Å². The lowest BCUT2D eigenvalue weighted by molar-refractivity contribution is 0.134. The van der Waals surface area contributed by atoms with E-state index in [2.05, 4.69) is 4.98 Å². The molecule has 2 atom stereocenters. The Kier molecular flexibility index (Phi) is 3.27. The Labute approximate surface area is 95.3 Å². The predicted octanol–water partition coefficient (Wildman–Crippen LogP) is 2.33. The lowest BCUT2D eigenvalue weighted by Gasteiger charge is -2.18. The smallest absolute Gasteiger partial charge is 0.0732 e. The summed E-state index contributed by atoms with van der Waals surface area (Å²) >= 11 is 0. The summed E-state index contributed by atoms with van der Waals surface area (Å²) < 4.78 is 0. The fourth-order valence-electron chi connectivity index (χ4n) is 1.98. The lowest BCUT2D eigenvalue weighted by atomic mass is 9.98. The van der Waals surface area contributed by atoms with Gasteiger partial charge in [-0.05, 0) is 35.6 Å². The maximum atomic E-state index is 9.86. The van der Waals surface area contributed by atoms with E-state index in [1.165, 1.54) is 0 Å². The molecular weight excluding hydrogens is 200 g/mol. The van der Waals surface area contributed by atoms with Crippen LogP contribution in [0.2, 0.25) is 0 Å². The van der Waals surface area contributed by atoms with Gasteiger partial charge in [-0.1, -0.05) is 19.4 Å². The number of hydrogen-bond donors (Lipinski definition) is 3. The first-order valence-electron chi connectivity index (χ1n) is 5.73. The van der Waals surface area contributed by atoms with Crippen LogP contribution in [0.5, 0.6) is 0 Å². The van der Waals surface area contributed by atoms with Crippen LogP contribution in [-0.4, -0.2) is 16.2 Å². The Morgan fingerprint density at radius 3 is 2.94 bits per heavy atom. The van der Waals surface area contributed by atoms with Crippen molar-refractivity contribution in [2.75, 3.05) is 0 Å². The van der Waals surface area contributed by atoms with Gasteiger partial charge in [-0.3, -0.25) is 0 Å². The molecule has 0 aliphatic carbocycles. The molecule has 0 spiro atoms. The van der Waals surface area contributed by atoms with E-state index in [-0.39, 0.29) is 6.04 Å². The normalized spacial score (nSPS) is 15.2. The summed E-state index contributed by atoms with van der Waals surface area (Å²) in [7, 11) is 0. The molecule has 0 saturated heterocycles. The highest BCUT2D eigenvalue weighted by Crippen LogP contribution is 2.21. The predicted molar refractivity (Wildman–Crippen MR) is 66.1 cm³/mol. The number of hydrogen-bond acceptors (Lipinski definition) is 2. The minimum atomic E-state index is -0.457. The van der Waals surface area contributed by atoms with Crippen LogP contribution in [0.4, 0.5) is 0 Å². The molecule has 0 unspecified atom stereocenters. The third-order valence-corrected chi connectivity index (χ3v) is 2.96. The van der Waals surface area contributed by atoms with Gasteiger partial charge in [0.05, 0.1) is 12.1 Å². The maximum Gasteiger partial charge on any atom is 0.0732 e. The molecule has 1 heterocycles. The van der Waals surface area contributed by atoms with Gasteiger partial charge in [0.25, 0.3) is 0 Å². The highest BCUT2D eigenvalue weighted by Gasteiger charge is 2.15. The van der Waals surface area contributed by atoms with Crippen LogP contribution in [0, 0.1) is 0 Å². The van der Waals surface area contributed by atoms with Crippen LogP contribution >= 0.6 is 0 Å². The van der Waals surface area contributed by atoms with Crippen molar-refractivity contribution in [2.24, 2.45) is 5.73 Å². The van der Waals surface area contributed by atoms with Crippen molar-refractivity contribution >= 4 is 10.9 Å². The number of aromatic amines is 1. The summed E-state index contributed by atoms with van der Waals surface area (Å²) in [6, 6.07) is 7.73. The van der Waals surface area contributed by atoms with Crippen molar-refractivity contribution in [3.05, 3.63) is 36.0 Å². The van der Waals surface area contributed by atoms with Crippen LogP contribution in [-0.2, 0) is 0 Å². The molecule has 4 N–H and O–H groups in total. The van der Waals surface area contributed by atoms with Crippen LogP contribution in [0.15, 0.2) is 30.5 Å². The van der Waals surface area contributed by atoms with Gasteiger partial charge in [-0.2, -0.15) is 0 Å². The van der Waals surface area contributed by atoms with Gasteiger partial charge in [-0.15, -0.1) is 0 Å². The van der Waals surface area contributed by atoms with E-state index in [9.17, 15) is 5.11 Å². The molecule has 2 rings (SSSR count). The minimum absolute atomic E-state index is 0.292. The van der Waals surface area contributed by atoms with Gasteiger partial charge < -0.3 is 15.8 Å². The second-order valence-electron chi connectivity index (χ2n) is 4.21. The van der Waals surface area contributed by atoms with Crippen LogP contribution in [0.25, 0.3) is 10.9 Å². The van der Waals surface area contributed by atoms with Crippen molar-refractivity contribution in [1.29, 1.82) is 0 Å². The Morgan fingerprint density at radius 2 is 2.19 bits per heavy atom. The number of nitrogens with two attached hydrogens (primary N) is 1. The molecule has 0 saturated carbocycles. The lowest BCUT2D eigenvalue weighted by Crippen LogP contribution is -2.25. The molecule has 1 aromatic heterocycles. The van der Waals surface area contributed by atoms with Gasteiger partial charge in [-0.25, -0.2) is 0 Å².